The molecular formula is C25H28N2O3S. The highest BCUT2D eigenvalue weighted by Crippen LogP contribution is 2.27. The summed E-state index contributed by atoms with van der Waals surface area (Å²) in [6, 6.07) is 17.8. The van der Waals surface area contributed by atoms with Crippen LogP contribution in [0.4, 0.5) is 11.4 Å². The Kier molecular flexibility index (Phi) is 6.51. The number of carbonyl (C=O) groups excluding carboxylic acids is 1. The zero-order chi connectivity index (χ0) is 22.8. The van der Waals surface area contributed by atoms with Crippen molar-refractivity contribution in [3.05, 3.63) is 88.5 Å². The molecule has 0 bridgehead atoms. The first kappa shape index (κ1) is 22.6. The Hall–Kier alpha value is -3.12. The fourth-order valence-electron chi connectivity index (χ4n) is 3.54. The second-order valence-corrected chi connectivity index (χ2v) is 9.67. The van der Waals surface area contributed by atoms with Crippen LogP contribution in [0.2, 0.25) is 0 Å². The number of carbonyl (C=O) groups is 1. The van der Waals surface area contributed by atoms with Crippen molar-refractivity contribution in [2.75, 3.05) is 16.7 Å². The summed E-state index contributed by atoms with van der Waals surface area (Å²) < 4.78 is 27.3. The molecule has 0 aliphatic heterocycles. The van der Waals surface area contributed by atoms with Crippen LogP contribution in [0.5, 0.6) is 0 Å². The first-order valence-electron chi connectivity index (χ1n) is 10.2. The number of aryl methyl sites for hydroxylation is 4. The molecular weight excluding hydrogens is 408 g/mol. The molecule has 0 aliphatic carbocycles. The van der Waals surface area contributed by atoms with E-state index in [0.717, 1.165) is 28.8 Å². The molecule has 0 spiro atoms. The number of nitrogens with one attached hydrogen (secondary N) is 1. The summed E-state index contributed by atoms with van der Waals surface area (Å²) in [4.78, 5) is 13.1. The van der Waals surface area contributed by atoms with Gasteiger partial charge in [0.15, 0.2) is 0 Å². The third-order valence-electron chi connectivity index (χ3n) is 5.46. The van der Waals surface area contributed by atoms with Crippen molar-refractivity contribution >= 4 is 27.3 Å². The second-order valence-electron chi connectivity index (χ2n) is 7.70. The molecule has 3 aromatic rings. The van der Waals surface area contributed by atoms with Gasteiger partial charge in [-0.05, 0) is 74.2 Å². The molecule has 0 radical (unpaired) electrons. The smallest absolute Gasteiger partial charge is 0.264 e. The number of hydrogen-bond acceptors (Lipinski definition) is 3. The lowest BCUT2D eigenvalue weighted by Gasteiger charge is -2.22. The first-order valence-corrected chi connectivity index (χ1v) is 11.6. The lowest BCUT2D eigenvalue weighted by Crippen LogP contribution is -2.27. The van der Waals surface area contributed by atoms with E-state index >= 15 is 0 Å². The number of rotatable bonds is 6. The summed E-state index contributed by atoms with van der Waals surface area (Å²) in [5.41, 5.74) is 5.61. The van der Waals surface area contributed by atoms with Crippen molar-refractivity contribution in [1.29, 1.82) is 0 Å². The number of amides is 1. The lowest BCUT2D eigenvalue weighted by molar-refractivity contribution is 0.102. The largest absolute Gasteiger partial charge is 0.321 e. The van der Waals surface area contributed by atoms with Gasteiger partial charge in [0.1, 0.15) is 0 Å². The van der Waals surface area contributed by atoms with E-state index in [1.807, 2.05) is 39.0 Å². The fraction of sp³-hybridized carbons (Fsp3) is 0.240. The highest BCUT2D eigenvalue weighted by molar-refractivity contribution is 7.92. The molecule has 0 fully saturated rings. The zero-order valence-corrected chi connectivity index (χ0v) is 19.4. The molecule has 0 saturated heterocycles. The summed E-state index contributed by atoms with van der Waals surface area (Å²) >= 11 is 0. The predicted molar refractivity (Wildman–Crippen MR) is 126 cm³/mol. The van der Waals surface area contributed by atoms with Gasteiger partial charge in [-0.1, -0.05) is 42.8 Å². The minimum absolute atomic E-state index is 0.220. The van der Waals surface area contributed by atoms with E-state index in [0.29, 0.717) is 16.8 Å². The Bertz CT molecular complexity index is 1220. The van der Waals surface area contributed by atoms with Crippen LogP contribution < -0.4 is 9.62 Å². The van der Waals surface area contributed by atoms with Crippen LogP contribution >= 0.6 is 0 Å². The molecule has 1 amide bonds. The molecule has 6 heteroatoms. The zero-order valence-electron chi connectivity index (χ0n) is 18.6. The van der Waals surface area contributed by atoms with Gasteiger partial charge < -0.3 is 5.32 Å². The lowest BCUT2D eigenvalue weighted by atomic mass is 10.0. The predicted octanol–water partition coefficient (Wildman–Crippen LogP) is 5.25. The van der Waals surface area contributed by atoms with Gasteiger partial charge in [0.25, 0.3) is 15.9 Å². The third kappa shape index (κ3) is 4.64. The molecule has 1 N–H and O–H groups in total. The van der Waals surface area contributed by atoms with Crippen LogP contribution in [0.15, 0.2) is 65.6 Å². The van der Waals surface area contributed by atoms with Crippen LogP contribution in [-0.4, -0.2) is 21.4 Å². The average molecular weight is 437 g/mol. The van der Waals surface area contributed by atoms with E-state index in [2.05, 4.69) is 5.32 Å². The van der Waals surface area contributed by atoms with E-state index in [1.54, 1.807) is 49.4 Å². The van der Waals surface area contributed by atoms with Gasteiger partial charge in [-0.3, -0.25) is 9.10 Å². The summed E-state index contributed by atoms with van der Waals surface area (Å²) in [5.74, 6) is -0.220. The van der Waals surface area contributed by atoms with Crippen molar-refractivity contribution in [2.24, 2.45) is 0 Å². The Morgan fingerprint density at radius 3 is 2.23 bits per heavy atom. The summed E-state index contributed by atoms with van der Waals surface area (Å²) in [6.07, 6.45) is 0.816. The quantitative estimate of drug-likeness (QED) is 0.574. The van der Waals surface area contributed by atoms with E-state index in [-0.39, 0.29) is 10.8 Å². The first-order chi connectivity index (χ1) is 14.6. The topological polar surface area (TPSA) is 66.5 Å². The van der Waals surface area contributed by atoms with Crippen LogP contribution in [0.1, 0.15) is 39.5 Å². The molecule has 31 heavy (non-hydrogen) atoms. The number of benzene rings is 3. The van der Waals surface area contributed by atoms with Crippen LogP contribution in [-0.2, 0) is 16.4 Å². The normalized spacial score (nSPS) is 11.3. The number of nitrogens with zero attached hydrogens (tertiary/aromatic N) is 1. The monoisotopic (exact) mass is 436 g/mol. The van der Waals surface area contributed by atoms with Crippen LogP contribution in [0.3, 0.4) is 0 Å². The van der Waals surface area contributed by atoms with Crippen molar-refractivity contribution in [2.45, 2.75) is 39.0 Å². The standard InChI is InChI=1S/C25H28N2O3S/c1-6-20-9-7-8-18(3)24(20)26-25(28)21-12-15-23(19(4)16-21)27(5)31(29,30)22-13-10-17(2)11-14-22/h7-16H,6H2,1-5H3,(H,26,28). The van der Waals surface area contributed by atoms with Gasteiger partial charge in [-0.25, -0.2) is 8.42 Å². The Balaban J connectivity index is 1.88. The number of para-hydroxylation sites is 1. The Labute approximate surface area is 184 Å². The molecule has 0 heterocycles. The second kappa shape index (κ2) is 8.94. The Morgan fingerprint density at radius 1 is 0.935 bits per heavy atom. The van der Waals surface area contributed by atoms with E-state index in [9.17, 15) is 13.2 Å². The van der Waals surface area contributed by atoms with Crippen molar-refractivity contribution in [1.82, 2.24) is 0 Å². The van der Waals surface area contributed by atoms with Gasteiger partial charge in [0.05, 0.1) is 10.6 Å². The molecule has 3 aromatic carbocycles. The van der Waals surface area contributed by atoms with Gasteiger partial charge >= 0.3 is 0 Å². The molecule has 5 nitrogen and oxygen atoms in total. The minimum atomic E-state index is -3.69. The average Bonchev–Trinajstić information content (AvgIpc) is 2.74. The van der Waals surface area contributed by atoms with Gasteiger partial charge in [-0.15, -0.1) is 0 Å². The number of anilines is 2. The molecule has 0 saturated carbocycles. The number of hydrogen-bond donors (Lipinski definition) is 1. The summed E-state index contributed by atoms with van der Waals surface area (Å²) in [6.45, 7) is 7.73. The maximum Gasteiger partial charge on any atom is 0.264 e. The summed E-state index contributed by atoms with van der Waals surface area (Å²) in [5, 5.41) is 3.01. The molecule has 0 unspecified atom stereocenters. The third-order valence-corrected chi connectivity index (χ3v) is 7.24. The van der Waals surface area contributed by atoms with Gasteiger partial charge in [0.2, 0.25) is 0 Å². The van der Waals surface area contributed by atoms with E-state index < -0.39 is 10.0 Å². The number of sulfonamides is 1. The van der Waals surface area contributed by atoms with Gasteiger partial charge in [-0.2, -0.15) is 0 Å². The van der Waals surface area contributed by atoms with Crippen LogP contribution in [0.25, 0.3) is 0 Å². The Morgan fingerprint density at radius 2 is 1.61 bits per heavy atom. The van der Waals surface area contributed by atoms with Crippen LogP contribution in [0, 0.1) is 20.8 Å². The van der Waals surface area contributed by atoms with E-state index in [1.165, 1.54) is 11.4 Å². The maximum atomic E-state index is 13.0. The van der Waals surface area contributed by atoms with E-state index in [4.69, 9.17) is 0 Å². The highest BCUT2D eigenvalue weighted by Gasteiger charge is 2.23. The van der Waals surface area contributed by atoms with Gasteiger partial charge in [0, 0.05) is 18.3 Å². The highest BCUT2D eigenvalue weighted by atomic mass is 32.2. The van der Waals surface area contributed by atoms with Crippen molar-refractivity contribution in [3.63, 3.8) is 0 Å². The minimum Gasteiger partial charge on any atom is -0.321 e. The molecule has 0 aromatic heterocycles. The molecule has 162 valence electrons. The molecule has 0 atom stereocenters. The maximum absolute atomic E-state index is 13.0. The molecule has 0 aliphatic rings. The van der Waals surface area contributed by atoms with Crippen molar-refractivity contribution < 1.29 is 13.2 Å². The SMILES string of the molecule is CCc1cccc(C)c1NC(=O)c1ccc(N(C)S(=O)(=O)c2ccc(C)cc2)c(C)c1. The summed E-state index contributed by atoms with van der Waals surface area (Å²) in [7, 11) is -2.17. The molecule has 3 rings (SSSR count). The fourth-order valence-corrected chi connectivity index (χ4v) is 4.80. The van der Waals surface area contributed by atoms with Crippen molar-refractivity contribution in [3.8, 4) is 0 Å².